The molecule has 0 aromatic carbocycles. The van der Waals surface area contributed by atoms with Gasteiger partial charge in [-0.15, -0.1) is 0 Å². The van der Waals surface area contributed by atoms with E-state index in [0.29, 0.717) is 26.1 Å². The van der Waals surface area contributed by atoms with E-state index in [4.69, 9.17) is 5.73 Å². The van der Waals surface area contributed by atoms with Gasteiger partial charge in [-0.1, -0.05) is 12.8 Å². The van der Waals surface area contributed by atoms with Crippen LogP contribution in [0.5, 0.6) is 0 Å². The highest BCUT2D eigenvalue weighted by molar-refractivity contribution is 7.99. The quantitative estimate of drug-likeness (QED) is 0.563. The summed E-state index contributed by atoms with van der Waals surface area (Å²) in [7, 11) is -3.22. The van der Waals surface area contributed by atoms with E-state index in [1.165, 1.54) is 4.31 Å². The summed E-state index contributed by atoms with van der Waals surface area (Å²) >= 11 is 1.77. The number of nitrogens with two attached hydrogens (primary N) is 1. The van der Waals surface area contributed by atoms with Gasteiger partial charge >= 0.3 is 0 Å². The second kappa shape index (κ2) is 10.4. The largest absolute Gasteiger partial charge is 0.355 e. The SMILES string of the molecule is NCCCCCCC(=O)NCCS(=O)(=O)N1CCSCC1. The molecule has 1 fully saturated rings. The van der Waals surface area contributed by atoms with Gasteiger partial charge in [0.05, 0.1) is 5.75 Å². The van der Waals surface area contributed by atoms with Crippen molar-refractivity contribution in [2.45, 2.75) is 32.1 Å². The molecule has 3 N–H and O–H groups in total. The van der Waals surface area contributed by atoms with Crippen molar-refractivity contribution in [1.82, 2.24) is 9.62 Å². The van der Waals surface area contributed by atoms with Gasteiger partial charge in [-0.3, -0.25) is 4.79 Å². The summed E-state index contributed by atoms with van der Waals surface area (Å²) in [6.45, 7) is 2.07. The second-order valence-electron chi connectivity index (χ2n) is 5.13. The molecular formula is C13H27N3O3S2. The highest BCUT2D eigenvalue weighted by Crippen LogP contribution is 2.13. The monoisotopic (exact) mass is 337 g/mol. The Morgan fingerprint density at radius 2 is 1.81 bits per heavy atom. The summed E-state index contributed by atoms with van der Waals surface area (Å²) in [6.07, 6.45) is 4.33. The maximum absolute atomic E-state index is 12.1. The Bertz CT molecular complexity index is 395. The molecule has 21 heavy (non-hydrogen) atoms. The molecule has 6 nitrogen and oxygen atoms in total. The Hall–Kier alpha value is -0.310. The fraction of sp³-hybridized carbons (Fsp3) is 0.923. The van der Waals surface area contributed by atoms with Crippen LogP contribution in [0, 0.1) is 0 Å². The van der Waals surface area contributed by atoms with Crippen LogP contribution >= 0.6 is 11.8 Å². The number of sulfonamides is 1. The summed E-state index contributed by atoms with van der Waals surface area (Å²) < 4.78 is 25.6. The van der Waals surface area contributed by atoms with Crippen LogP contribution in [0.15, 0.2) is 0 Å². The highest BCUT2D eigenvalue weighted by atomic mass is 32.2. The lowest BCUT2D eigenvalue weighted by Crippen LogP contribution is -2.41. The molecular weight excluding hydrogens is 310 g/mol. The topological polar surface area (TPSA) is 92.5 Å². The van der Waals surface area contributed by atoms with E-state index in [0.717, 1.165) is 37.2 Å². The van der Waals surface area contributed by atoms with E-state index >= 15 is 0 Å². The van der Waals surface area contributed by atoms with Crippen molar-refractivity contribution in [2.24, 2.45) is 5.73 Å². The minimum atomic E-state index is -3.22. The van der Waals surface area contributed by atoms with Gasteiger partial charge in [0.25, 0.3) is 0 Å². The highest BCUT2D eigenvalue weighted by Gasteiger charge is 2.23. The van der Waals surface area contributed by atoms with Crippen LogP contribution in [0.25, 0.3) is 0 Å². The van der Waals surface area contributed by atoms with Crippen LogP contribution in [0.3, 0.4) is 0 Å². The van der Waals surface area contributed by atoms with Gasteiger partial charge in [0.1, 0.15) is 0 Å². The van der Waals surface area contributed by atoms with Crippen molar-refractivity contribution in [2.75, 3.05) is 43.4 Å². The predicted octanol–water partition coefficient (Wildman–Crippen LogP) is 0.390. The van der Waals surface area contributed by atoms with Crippen molar-refractivity contribution < 1.29 is 13.2 Å². The molecule has 0 aromatic rings. The Kier molecular flexibility index (Phi) is 9.30. The van der Waals surface area contributed by atoms with Crippen molar-refractivity contribution in [1.29, 1.82) is 0 Å². The molecule has 1 amide bonds. The molecule has 1 heterocycles. The predicted molar refractivity (Wildman–Crippen MR) is 87.8 cm³/mol. The van der Waals surface area contributed by atoms with Gasteiger partial charge in [0, 0.05) is 37.6 Å². The van der Waals surface area contributed by atoms with Gasteiger partial charge in [-0.05, 0) is 19.4 Å². The fourth-order valence-electron chi connectivity index (χ4n) is 2.15. The fourth-order valence-corrected chi connectivity index (χ4v) is 4.64. The number of nitrogens with one attached hydrogen (secondary N) is 1. The average Bonchev–Trinajstić information content (AvgIpc) is 2.48. The van der Waals surface area contributed by atoms with Gasteiger partial charge < -0.3 is 11.1 Å². The van der Waals surface area contributed by atoms with E-state index in [1.807, 2.05) is 0 Å². The average molecular weight is 338 g/mol. The van der Waals surface area contributed by atoms with Crippen molar-refractivity contribution in [3.05, 3.63) is 0 Å². The maximum Gasteiger partial charge on any atom is 0.220 e. The van der Waals surface area contributed by atoms with Gasteiger partial charge in [-0.25, -0.2) is 12.7 Å². The van der Waals surface area contributed by atoms with Crippen LogP contribution < -0.4 is 11.1 Å². The second-order valence-corrected chi connectivity index (χ2v) is 8.44. The smallest absolute Gasteiger partial charge is 0.220 e. The van der Waals surface area contributed by atoms with Crippen molar-refractivity contribution in [3.63, 3.8) is 0 Å². The number of carbonyl (C=O) groups is 1. The summed E-state index contributed by atoms with van der Waals surface area (Å²) in [4.78, 5) is 11.6. The summed E-state index contributed by atoms with van der Waals surface area (Å²) in [6, 6.07) is 0. The Morgan fingerprint density at radius 1 is 1.14 bits per heavy atom. The van der Waals surface area contributed by atoms with Gasteiger partial charge in [0.15, 0.2) is 0 Å². The van der Waals surface area contributed by atoms with Gasteiger partial charge in [0.2, 0.25) is 15.9 Å². The molecule has 1 aliphatic rings. The first-order chi connectivity index (χ1) is 10.1. The third-order valence-electron chi connectivity index (χ3n) is 3.40. The third kappa shape index (κ3) is 8.04. The van der Waals surface area contributed by atoms with E-state index < -0.39 is 10.0 Å². The van der Waals surface area contributed by atoms with Crippen LogP contribution in [0.4, 0.5) is 0 Å². The molecule has 8 heteroatoms. The van der Waals surface area contributed by atoms with Crippen LogP contribution in [-0.2, 0) is 14.8 Å². The lowest BCUT2D eigenvalue weighted by molar-refractivity contribution is -0.121. The van der Waals surface area contributed by atoms with E-state index in [9.17, 15) is 13.2 Å². The van der Waals surface area contributed by atoms with Crippen LogP contribution in [0.1, 0.15) is 32.1 Å². The molecule has 0 atom stereocenters. The number of hydrogen-bond acceptors (Lipinski definition) is 5. The Labute approximate surface area is 132 Å². The third-order valence-corrected chi connectivity index (χ3v) is 6.22. The molecule has 0 aromatic heterocycles. The number of rotatable bonds is 10. The first kappa shape index (κ1) is 18.7. The minimum absolute atomic E-state index is 0.00339. The molecule has 1 aliphatic heterocycles. The Balaban J connectivity index is 2.12. The molecule has 1 saturated heterocycles. The first-order valence-corrected chi connectivity index (χ1v) is 10.3. The number of hydrogen-bond donors (Lipinski definition) is 2. The number of amides is 1. The zero-order chi connectivity index (χ0) is 15.6. The lowest BCUT2D eigenvalue weighted by atomic mass is 10.1. The van der Waals surface area contributed by atoms with Crippen molar-refractivity contribution in [3.8, 4) is 0 Å². The summed E-state index contributed by atoms with van der Waals surface area (Å²) in [5.41, 5.74) is 5.40. The molecule has 0 unspecified atom stereocenters. The van der Waals surface area contributed by atoms with E-state index in [1.54, 1.807) is 11.8 Å². The molecule has 0 saturated carbocycles. The van der Waals surface area contributed by atoms with Crippen molar-refractivity contribution >= 4 is 27.7 Å². The summed E-state index contributed by atoms with van der Waals surface area (Å²) in [5.74, 6) is 1.64. The van der Waals surface area contributed by atoms with Crippen LogP contribution in [-0.4, -0.2) is 62.1 Å². The molecule has 0 spiro atoms. The number of nitrogens with zero attached hydrogens (tertiary/aromatic N) is 1. The van der Waals surface area contributed by atoms with E-state index in [-0.39, 0.29) is 18.2 Å². The number of unbranched alkanes of at least 4 members (excludes halogenated alkanes) is 3. The molecule has 0 radical (unpaired) electrons. The van der Waals surface area contributed by atoms with Crippen LogP contribution in [0.2, 0.25) is 0 Å². The first-order valence-electron chi connectivity index (χ1n) is 7.58. The van der Waals surface area contributed by atoms with Gasteiger partial charge in [-0.2, -0.15) is 11.8 Å². The zero-order valence-corrected chi connectivity index (χ0v) is 14.2. The normalized spacial score (nSPS) is 16.8. The number of thioether (sulfide) groups is 1. The number of carbonyl (C=O) groups excluding carboxylic acids is 1. The summed E-state index contributed by atoms with van der Waals surface area (Å²) in [5, 5.41) is 2.69. The molecule has 1 rings (SSSR count). The minimum Gasteiger partial charge on any atom is -0.355 e. The zero-order valence-electron chi connectivity index (χ0n) is 12.6. The Morgan fingerprint density at radius 3 is 2.48 bits per heavy atom. The standard InChI is InChI=1S/C13H27N3O3S2/c14-6-4-2-1-3-5-13(17)15-7-12-21(18,19)16-8-10-20-11-9-16/h1-12,14H2,(H,15,17). The maximum atomic E-state index is 12.1. The lowest BCUT2D eigenvalue weighted by Gasteiger charge is -2.25. The van der Waals surface area contributed by atoms with E-state index in [2.05, 4.69) is 5.32 Å². The molecule has 124 valence electrons. The molecule has 0 aliphatic carbocycles. The molecule has 0 bridgehead atoms.